The van der Waals surface area contributed by atoms with Gasteiger partial charge in [-0.3, -0.25) is 4.79 Å². The van der Waals surface area contributed by atoms with Gasteiger partial charge in [-0.2, -0.15) is 0 Å². The van der Waals surface area contributed by atoms with Crippen LogP contribution in [0.5, 0.6) is 0 Å². The van der Waals surface area contributed by atoms with Crippen LogP contribution in [-0.2, 0) is 4.79 Å². The van der Waals surface area contributed by atoms with Crippen molar-refractivity contribution in [2.75, 3.05) is 6.61 Å². The highest BCUT2D eigenvalue weighted by Crippen LogP contribution is 2.13. The third-order valence-corrected chi connectivity index (χ3v) is 9.53. The van der Waals surface area contributed by atoms with E-state index in [1.165, 1.54) is 89.9 Å². The number of hydrogen-bond donors (Lipinski definition) is 3. The first-order valence-electron chi connectivity index (χ1n) is 22.5. The number of amides is 1. The molecule has 4 heteroatoms. The molecule has 0 saturated heterocycles. The van der Waals surface area contributed by atoms with E-state index in [0.717, 1.165) is 83.5 Å². The van der Waals surface area contributed by atoms with Crippen molar-refractivity contribution in [3.63, 3.8) is 0 Å². The average Bonchev–Trinajstić information content (AvgIpc) is 3.18. The molecule has 2 unspecified atom stereocenters. The van der Waals surface area contributed by atoms with Crippen LogP contribution in [0.25, 0.3) is 0 Å². The third kappa shape index (κ3) is 40.5. The second kappa shape index (κ2) is 44.7. The molecule has 3 N–H and O–H groups in total. The van der Waals surface area contributed by atoms with Crippen LogP contribution in [0.1, 0.15) is 194 Å². The zero-order valence-corrected chi connectivity index (χ0v) is 35.2. The molecular formula is C50H85NO3. The van der Waals surface area contributed by atoms with Gasteiger partial charge in [0.25, 0.3) is 0 Å². The largest absolute Gasteiger partial charge is 0.394 e. The Labute approximate surface area is 334 Å². The minimum absolute atomic E-state index is 0.113. The Hall–Kier alpha value is -2.69. The van der Waals surface area contributed by atoms with E-state index in [1.54, 1.807) is 6.08 Å². The fourth-order valence-corrected chi connectivity index (χ4v) is 6.12. The van der Waals surface area contributed by atoms with E-state index >= 15 is 0 Å². The molecule has 0 aliphatic carbocycles. The fourth-order valence-electron chi connectivity index (χ4n) is 6.12. The summed E-state index contributed by atoms with van der Waals surface area (Å²) < 4.78 is 0. The van der Waals surface area contributed by atoms with E-state index in [9.17, 15) is 15.0 Å². The van der Waals surface area contributed by atoms with E-state index in [0.29, 0.717) is 6.42 Å². The van der Waals surface area contributed by atoms with Gasteiger partial charge in [-0.05, 0) is 89.9 Å². The highest BCUT2D eigenvalue weighted by Gasteiger charge is 2.17. The smallest absolute Gasteiger partial charge is 0.220 e. The molecule has 4 nitrogen and oxygen atoms in total. The van der Waals surface area contributed by atoms with E-state index in [2.05, 4.69) is 104 Å². The van der Waals surface area contributed by atoms with Crippen LogP contribution in [0.4, 0.5) is 0 Å². The average molecular weight is 748 g/mol. The fraction of sp³-hybridized carbons (Fsp3) is 0.660. The summed E-state index contributed by atoms with van der Waals surface area (Å²) in [5, 5.41) is 23.0. The van der Waals surface area contributed by atoms with Crippen molar-refractivity contribution in [3.8, 4) is 0 Å². The van der Waals surface area contributed by atoms with Gasteiger partial charge >= 0.3 is 0 Å². The van der Waals surface area contributed by atoms with E-state index in [1.807, 2.05) is 6.08 Å². The van der Waals surface area contributed by atoms with Crippen LogP contribution in [0.2, 0.25) is 0 Å². The maximum atomic E-state index is 12.4. The lowest BCUT2D eigenvalue weighted by Gasteiger charge is -2.19. The normalized spacial score (nSPS) is 13.9. The van der Waals surface area contributed by atoms with Gasteiger partial charge in [-0.15, -0.1) is 0 Å². The van der Waals surface area contributed by atoms with Crippen LogP contribution < -0.4 is 5.32 Å². The van der Waals surface area contributed by atoms with Crippen molar-refractivity contribution in [2.24, 2.45) is 0 Å². The number of aliphatic hydroxyl groups is 2. The van der Waals surface area contributed by atoms with Gasteiger partial charge in [-0.25, -0.2) is 0 Å². The highest BCUT2D eigenvalue weighted by atomic mass is 16.3. The highest BCUT2D eigenvalue weighted by molar-refractivity contribution is 5.76. The molecule has 0 bridgehead atoms. The molecule has 0 heterocycles. The number of carbonyl (C=O) groups is 1. The molecule has 0 aromatic heterocycles. The van der Waals surface area contributed by atoms with E-state index in [4.69, 9.17) is 0 Å². The van der Waals surface area contributed by atoms with Crippen molar-refractivity contribution < 1.29 is 15.0 Å². The molecule has 0 radical (unpaired) electrons. The topological polar surface area (TPSA) is 69.6 Å². The minimum atomic E-state index is -0.890. The predicted molar refractivity (Wildman–Crippen MR) is 239 cm³/mol. The summed E-state index contributed by atoms with van der Waals surface area (Å²) in [4.78, 5) is 12.4. The number of hydrogen-bond acceptors (Lipinski definition) is 3. The number of nitrogens with one attached hydrogen (secondary N) is 1. The lowest BCUT2D eigenvalue weighted by atomic mass is 10.0. The summed E-state index contributed by atoms with van der Waals surface area (Å²) in [6.45, 7) is 4.16. The van der Waals surface area contributed by atoms with Crippen molar-refractivity contribution in [3.05, 3.63) is 97.2 Å². The third-order valence-electron chi connectivity index (χ3n) is 9.53. The number of allylic oxidation sites excluding steroid dienone is 15. The summed E-state index contributed by atoms with van der Waals surface area (Å²) in [6.07, 6.45) is 66.6. The molecule has 0 aromatic rings. The van der Waals surface area contributed by atoms with Crippen LogP contribution in [0, 0.1) is 0 Å². The van der Waals surface area contributed by atoms with Gasteiger partial charge in [-0.1, -0.05) is 195 Å². The summed E-state index contributed by atoms with van der Waals surface area (Å²) in [5.41, 5.74) is 0. The Bertz CT molecular complexity index is 1030. The monoisotopic (exact) mass is 748 g/mol. The maximum absolute atomic E-state index is 12.4. The van der Waals surface area contributed by atoms with Crippen LogP contribution >= 0.6 is 0 Å². The molecule has 0 rings (SSSR count). The first kappa shape index (κ1) is 51.3. The number of unbranched alkanes of at least 4 members (excludes halogenated alkanes) is 18. The molecule has 0 aliphatic heterocycles. The molecule has 0 fully saturated rings. The van der Waals surface area contributed by atoms with Crippen LogP contribution in [0.15, 0.2) is 97.2 Å². The van der Waals surface area contributed by atoms with Crippen molar-refractivity contribution in [2.45, 2.75) is 206 Å². The first-order chi connectivity index (χ1) is 26.7. The minimum Gasteiger partial charge on any atom is -0.394 e. The molecule has 0 aromatic carbocycles. The zero-order chi connectivity index (χ0) is 39.3. The Morgan fingerprint density at radius 3 is 1.30 bits per heavy atom. The van der Waals surface area contributed by atoms with E-state index in [-0.39, 0.29) is 12.5 Å². The molecule has 0 aliphatic rings. The van der Waals surface area contributed by atoms with Gasteiger partial charge in [0, 0.05) is 6.42 Å². The predicted octanol–water partition coefficient (Wildman–Crippen LogP) is 14.2. The van der Waals surface area contributed by atoms with Gasteiger partial charge in [0.05, 0.1) is 18.8 Å². The quantitative estimate of drug-likeness (QED) is 0.0433. The first-order valence-corrected chi connectivity index (χ1v) is 22.5. The second-order valence-electron chi connectivity index (χ2n) is 14.7. The lowest BCUT2D eigenvalue weighted by Crippen LogP contribution is -2.45. The molecule has 2 atom stereocenters. The molecule has 0 saturated carbocycles. The molecule has 54 heavy (non-hydrogen) atoms. The van der Waals surface area contributed by atoms with E-state index < -0.39 is 12.1 Å². The number of rotatable bonds is 39. The molecule has 0 spiro atoms. The second-order valence-corrected chi connectivity index (χ2v) is 14.7. The van der Waals surface area contributed by atoms with Crippen molar-refractivity contribution in [1.29, 1.82) is 0 Å². The van der Waals surface area contributed by atoms with Gasteiger partial charge in [0.1, 0.15) is 0 Å². The summed E-state index contributed by atoms with van der Waals surface area (Å²) in [5.74, 6) is -0.113. The van der Waals surface area contributed by atoms with Crippen LogP contribution in [0.3, 0.4) is 0 Å². The number of aliphatic hydroxyl groups excluding tert-OH is 2. The zero-order valence-electron chi connectivity index (χ0n) is 35.2. The maximum Gasteiger partial charge on any atom is 0.220 e. The molecule has 308 valence electrons. The van der Waals surface area contributed by atoms with Gasteiger partial charge in [0.2, 0.25) is 5.91 Å². The molecule has 1 amide bonds. The Balaban J connectivity index is 3.74. The van der Waals surface area contributed by atoms with Crippen molar-refractivity contribution in [1.82, 2.24) is 5.32 Å². The van der Waals surface area contributed by atoms with Gasteiger partial charge in [0.15, 0.2) is 0 Å². The Morgan fingerprint density at radius 2 is 0.833 bits per heavy atom. The lowest BCUT2D eigenvalue weighted by molar-refractivity contribution is -0.123. The van der Waals surface area contributed by atoms with Crippen molar-refractivity contribution >= 4 is 5.91 Å². The van der Waals surface area contributed by atoms with Gasteiger partial charge < -0.3 is 15.5 Å². The summed E-state index contributed by atoms with van der Waals surface area (Å²) >= 11 is 0. The standard InChI is InChI=1S/C50H85NO3/c1-3-5-7-9-11-13-15-17-19-21-23-24-25-26-28-29-31-33-35-37-39-41-43-45-49(53)48(47-52)51-50(54)46-44-42-40-38-36-34-32-30-27-22-20-18-16-14-12-10-8-6-4-2/h6,8,12,14,18,20,27-30,34-37,43,45,48-49,52-53H,3-5,7,9-11,13,15-17,19,21-26,31-33,38-42,44,46-47H2,1-2H3,(H,51,54)/b8-6-,14-12-,20-18-,29-28+,30-27-,36-34-,37-35+,45-43+. The summed E-state index contributed by atoms with van der Waals surface area (Å²) in [7, 11) is 0. The SMILES string of the molecule is CC/C=C\C/C=C\C/C=C\C/C=C\C/C=C\CCCCCC(=O)NC(CO)C(O)/C=C/CC/C=C/CC/C=C/CCCCCCCCCCCCCCC. The van der Waals surface area contributed by atoms with Crippen LogP contribution in [-0.4, -0.2) is 34.9 Å². The summed E-state index contributed by atoms with van der Waals surface area (Å²) in [6, 6.07) is -0.669. The molecular weight excluding hydrogens is 663 g/mol. The Morgan fingerprint density at radius 1 is 0.463 bits per heavy atom. The Kier molecular flexibility index (Phi) is 42.5. The number of carbonyl (C=O) groups excluding carboxylic acids is 1.